The van der Waals surface area contributed by atoms with Crippen LogP contribution in [-0.4, -0.2) is 65.4 Å². The summed E-state index contributed by atoms with van der Waals surface area (Å²) in [6.07, 6.45) is 0. The first-order valence-electron chi connectivity index (χ1n) is 16.2. The van der Waals surface area contributed by atoms with Gasteiger partial charge in [0.25, 0.3) is 0 Å². The number of ether oxygens (including phenoxy) is 3. The minimum Gasteiger partial charge on any atom is -0.550 e. The van der Waals surface area contributed by atoms with Gasteiger partial charge in [0.2, 0.25) is 0 Å². The predicted molar refractivity (Wildman–Crippen MR) is 198 cm³/mol. The van der Waals surface area contributed by atoms with Crippen LogP contribution in [0.3, 0.4) is 0 Å². The number of carbonyl (C=O) groups is 3. The maximum absolute atomic E-state index is 10.8. The number of aliphatic carboxylic acids is 3. The second-order valence-corrected chi connectivity index (χ2v) is 12.0. The van der Waals surface area contributed by atoms with Gasteiger partial charge in [0.15, 0.2) is 0 Å². The van der Waals surface area contributed by atoms with Gasteiger partial charge in [-0.25, -0.2) is 0 Å². The quantitative estimate of drug-likeness (QED) is 0.188. The number of hydrogen-bond acceptors (Lipinski definition) is 9. The zero-order chi connectivity index (χ0) is 37.2. The Hall–Kier alpha value is -5.21. The minimum absolute atomic E-state index is 0. The Kier molecular flexibility index (Phi) is 15.0. The van der Waals surface area contributed by atoms with Gasteiger partial charge in [-0.3, -0.25) is 0 Å². The van der Waals surface area contributed by atoms with Crippen molar-refractivity contribution in [3.05, 3.63) is 126 Å². The van der Waals surface area contributed by atoms with Crippen molar-refractivity contribution in [3.8, 4) is 17.2 Å². The van der Waals surface area contributed by atoms with E-state index in [9.17, 15) is 29.7 Å². The largest absolute Gasteiger partial charge is 3.00 e. The molecular formula is C42H39BiO9. The number of rotatable bonds is 9. The van der Waals surface area contributed by atoms with Crippen LogP contribution in [0, 0.1) is 0 Å². The topological polar surface area (TPSA) is 148 Å². The molecule has 266 valence electrons. The summed E-state index contributed by atoms with van der Waals surface area (Å²) >= 11 is 0. The van der Waals surface area contributed by atoms with E-state index in [1.807, 2.05) is 109 Å². The number of carbonyl (C=O) groups excluding carboxylic acids is 3. The van der Waals surface area contributed by atoms with E-state index in [0.29, 0.717) is 0 Å². The number of carboxylic acid groups (broad SMARTS) is 3. The summed E-state index contributed by atoms with van der Waals surface area (Å²) in [5, 5.41) is 38.5. The molecule has 0 aliphatic carbocycles. The van der Waals surface area contributed by atoms with Crippen molar-refractivity contribution in [1.29, 1.82) is 0 Å². The summed E-state index contributed by atoms with van der Waals surface area (Å²) in [7, 11) is 4.86. The molecule has 0 fully saturated rings. The summed E-state index contributed by atoms with van der Waals surface area (Å²) in [6.45, 7) is 4.88. The van der Waals surface area contributed by atoms with Crippen molar-refractivity contribution in [2.75, 3.05) is 21.3 Å². The number of fused-ring (bicyclic) bond motifs is 3. The molecule has 0 bridgehead atoms. The third-order valence-electron chi connectivity index (χ3n) is 8.78. The molecule has 3 atom stereocenters. The smallest absolute Gasteiger partial charge is 0.550 e. The average Bonchev–Trinajstić information content (AvgIpc) is 3.15. The minimum atomic E-state index is -1.06. The number of hydrogen-bond donors (Lipinski definition) is 0. The Balaban J connectivity index is 0.000000208. The van der Waals surface area contributed by atoms with E-state index in [2.05, 4.69) is 0 Å². The Morgan fingerprint density at radius 3 is 0.827 bits per heavy atom. The van der Waals surface area contributed by atoms with Crippen molar-refractivity contribution >= 4 is 76.4 Å². The third kappa shape index (κ3) is 10.4. The molecule has 0 aromatic heterocycles. The summed E-state index contributed by atoms with van der Waals surface area (Å²) in [5.41, 5.74) is 2.26. The molecule has 6 aromatic rings. The second-order valence-electron chi connectivity index (χ2n) is 12.0. The van der Waals surface area contributed by atoms with Crippen molar-refractivity contribution in [1.82, 2.24) is 0 Å². The Labute approximate surface area is 321 Å². The molecular weight excluding hydrogens is 857 g/mol. The molecule has 0 unspecified atom stereocenters. The van der Waals surface area contributed by atoms with Crippen LogP contribution in [0.15, 0.2) is 109 Å². The molecule has 0 amide bonds. The van der Waals surface area contributed by atoms with E-state index in [4.69, 9.17) is 14.2 Å². The van der Waals surface area contributed by atoms with Gasteiger partial charge >= 0.3 is 26.2 Å². The van der Waals surface area contributed by atoms with E-state index < -0.39 is 35.7 Å². The van der Waals surface area contributed by atoms with Crippen LogP contribution in [-0.2, 0) is 14.4 Å². The van der Waals surface area contributed by atoms with Gasteiger partial charge in [0.1, 0.15) is 17.2 Å². The van der Waals surface area contributed by atoms with E-state index in [1.54, 1.807) is 42.1 Å². The van der Waals surface area contributed by atoms with E-state index >= 15 is 0 Å². The number of benzene rings is 6. The normalized spacial score (nSPS) is 12.1. The van der Waals surface area contributed by atoms with Crippen molar-refractivity contribution in [3.63, 3.8) is 0 Å². The molecule has 6 aromatic carbocycles. The van der Waals surface area contributed by atoms with Gasteiger partial charge < -0.3 is 43.9 Å². The molecule has 2 radical (unpaired) electrons. The molecule has 0 N–H and O–H groups in total. The second kappa shape index (κ2) is 18.9. The Morgan fingerprint density at radius 1 is 0.404 bits per heavy atom. The van der Waals surface area contributed by atoms with Gasteiger partial charge in [-0.2, -0.15) is 0 Å². The zero-order valence-electron chi connectivity index (χ0n) is 29.7. The fraction of sp³-hybridized carbons (Fsp3) is 0.214. The first-order valence-corrected chi connectivity index (χ1v) is 16.2. The summed E-state index contributed by atoms with van der Waals surface area (Å²) in [6, 6.07) is 33.8. The van der Waals surface area contributed by atoms with E-state index in [0.717, 1.165) is 66.3 Å². The molecule has 6 rings (SSSR count). The molecule has 0 aliphatic heterocycles. The van der Waals surface area contributed by atoms with Gasteiger partial charge in [-0.15, -0.1) is 0 Å². The molecule has 9 nitrogen and oxygen atoms in total. The molecule has 0 saturated carbocycles. The predicted octanol–water partition coefficient (Wildman–Crippen LogP) is 4.72. The first-order chi connectivity index (χ1) is 24.3. The van der Waals surface area contributed by atoms with Crippen LogP contribution < -0.4 is 29.5 Å². The maximum Gasteiger partial charge on any atom is 3.00 e. The first kappa shape index (κ1) is 41.2. The number of methoxy groups -OCH3 is 3. The number of carboxylic acids is 3. The summed E-state index contributed by atoms with van der Waals surface area (Å²) in [5.74, 6) is -2.59. The standard InChI is InChI=1S/3C14H14O3.Bi/c3*1-9(14(15)16)10-3-4-12-8-13(17-2)6-5-11(12)7-10;/h3*3-9H,1-2H3,(H,15,16);/q;;;+3/p-3/t3*9-;/m000./s1. The van der Waals surface area contributed by atoms with Gasteiger partial charge in [-0.1, -0.05) is 93.6 Å². The Morgan fingerprint density at radius 2 is 0.615 bits per heavy atom. The third-order valence-corrected chi connectivity index (χ3v) is 8.78. The summed E-state index contributed by atoms with van der Waals surface area (Å²) in [4.78, 5) is 32.4. The fourth-order valence-corrected chi connectivity index (χ4v) is 5.32. The molecule has 0 heterocycles. The van der Waals surface area contributed by atoms with Crippen LogP contribution in [0.25, 0.3) is 32.3 Å². The Bertz CT molecular complexity index is 1930. The SMILES string of the molecule is COc1ccc2cc([C@H](C)C(=O)[O-])ccc2c1.COc1ccc2cc([C@H](C)C(=O)[O-])ccc2c1.COc1ccc2cc([C@H](C)C(=O)[O-])ccc2c1.[Bi+3]. The van der Waals surface area contributed by atoms with Crippen molar-refractivity contribution in [2.45, 2.75) is 38.5 Å². The maximum atomic E-state index is 10.8. The van der Waals surface area contributed by atoms with Gasteiger partial charge in [-0.05, 0) is 85.4 Å². The monoisotopic (exact) mass is 896 g/mol. The molecule has 52 heavy (non-hydrogen) atoms. The van der Waals surface area contributed by atoms with Gasteiger partial charge in [0.05, 0.1) is 21.3 Å². The molecule has 0 aliphatic rings. The molecule has 0 spiro atoms. The van der Waals surface area contributed by atoms with Crippen LogP contribution in [0.4, 0.5) is 0 Å². The van der Waals surface area contributed by atoms with E-state index in [-0.39, 0.29) is 26.2 Å². The van der Waals surface area contributed by atoms with Crippen molar-refractivity contribution < 1.29 is 43.9 Å². The van der Waals surface area contributed by atoms with Crippen molar-refractivity contribution in [2.24, 2.45) is 0 Å². The molecule has 0 saturated heterocycles. The molecule has 10 heteroatoms. The average molecular weight is 897 g/mol. The summed E-state index contributed by atoms with van der Waals surface area (Å²) < 4.78 is 15.4. The van der Waals surface area contributed by atoms with Crippen LogP contribution in [0.2, 0.25) is 0 Å². The van der Waals surface area contributed by atoms with Crippen LogP contribution in [0.5, 0.6) is 17.2 Å². The van der Waals surface area contributed by atoms with Crippen LogP contribution >= 0.6 is 0 Å². The van der Waals surface area contributed by atoms with Gasteiger partial charge in [0, 0.05) is 35.7 Å². The van der Waals surface area contributed by atoms with Crippen LogP contribution in [0.1, 0.15) is 55.2 Å². The fourth-order valence-electron chi connectivity index (χ4n) is 5.32. The van der Waals surface area contributed by atoms with E-state index in [1.165, 1.54) is 0 Å². The zero-order valence-corrected chi connectivity index (χ0v) is 33.2.